The van der Waals surface area contributed by atoms with E-state index < -0.39 is 29.7 Å². The second-order valence-electron chi connectivity index (χ2n) is 6.61. The number of ether oxygens (including phenoxy) is 2. The number of primary amides is 1. The average molecular weight is 393 g/mol. The monoisotopic (exact) mass is 393 g/mol. The second kappa shape index (κ2) is 7.57. The molecule has 0 radical (unpaired) electrons. The summed E-state index contributed by atoms with van der Waals surface area (Å²) in [6, 6.07) is 4.20. The minimum atomic E-state index is -3.37. The summed E-state index contributed by atoms with van der Waals surface area (Å²) >= 11 is 0. The van der Waals surface area contributed by atoms with Gasteiger partial charge in [-0.25, -0.2) is 4.98 Å². The van der Waals surface area contributed by atoms with Gasteiger partial charge >= 0.3 is 5.92 Å². The van der Waals surface area contributed by atoms with Crippen molar-refractivity contribution in [3.63, 3.8) is 0 Å². The van der Waals surface area contributed by atoms with Gasteiger partial charge in [-0.1, -0.05) is 6.92 Å². The van der Waals surface area contributed by atoms with Gasteiger partial charge in [0.2, 0.25) is 5.88 Å². The Morgan fingerprint density at radius 3 is 2.79 bits per heavy atom. The number of fused-ring (bicyclic) bond motifs is 1. The third-order valence-corrected chi connectivity index (χ3v) is 4.99. The van der Waals surface area contributed by atoms with Crippen LogP contribution in [0.3, 0.4) is 0 Å². The van der Waals surface area contributed by atoms with Crippen LogP contribution in [0, 0.1) is 5.92 Å². The summed E-state index contributed by atoms with van der Waals surface area (Å²) in [5.41, 5.74) is 5.60. The molecular formula is C19H21F2N3O4. The van der Waals surface area contributed by atoms with E-state index in [0.29, 0.717) is 10.8 Å². The summed E-state index contributed by atoms with van der Waals surface area (Å²) in [4.78, 5) is 27.2. The van der Waals surface area contributed by atoms with E-state index in [9.17, 15) is 18.4 Å². The molecule has 2 amide bonds. The third-order valence-electron chi connectivity index (χ3n) is 4.99. The lowest BCUT2D eigenvalue weighted by Gasteiger charge is -2.20. The largest absolute Gasteiger partial charge is 0.496 e. The molecule has 7 nitrogen and oxygen atoms in total. The Bertz CT molecular complexity index is 919. The number of nitrogens with zero attached hydrogens (tertiary/aromatic N) is 1. The number of halogens is 2. The molecule has 1 aromatic heterocycles. The SMILES string of the molecule is CC[C@H]1[C@@H](CCOc2nccc3cc(C(N)=O)c(OC)cc23)NC(=O)C1(F)F. The molecule has 150 valence electrons. The molecule has 1 aliphatic rings. The number of benzene rings is 1. The second-order valence-corrected chi connectivity index (χ2v) is 6.61. The first-order chi connectivity index (χ1) is 13.3. The Morgan fingerprint density at radius 2 is 2.14 bits per heavy atom. The Kier molecular flexibility index (Phi) is 5.35. The third kappa shape index (κ3) is 3.44. The minimum absolute atomic E-state index is 0.0868. The van der Waals surface area contributed by atoms with Crippen molar-refractivity contribution in [3.8, 4) is 11.6 Å². The normalized spacial score (nSPS) is 20.8. The first-order valence-corrected chi connectivity index (χ1v) is 8.87. The topological polar surface area (TPSA) is 104 Å². The molecule has 9 heteroatoms. The van der Waals surface area contributed by atoms with E-state index in [4.69, 9.17) is 15.2 Å². The molecule has 28 heavy (non-hydrogen) atoms. The Labute approximate surface area is 160 Å². The Balaban J connectivity index is 1.78. The van der Waals surface area contributed by atoms with Crippen molar-refractivity contribution in [2.24, 2.45) is 11.7 Å². The number of hydrogen-bond acceptors (Lipinski definition) is 5. The lowest BCUT2D eigenvalue weighted by molar-refractivity contribution is -0.144. The smallest absolute Gasteiger partial charge is 0.329 e. The number of carbonyl (C=O) groups excluding carboxylic acids is 2. The van der Waals surface area contributed by atoms with Crippen LogP contribution < -0.4 is 20.5 Å². The van der Waals surface area contributed by atoms with E-state index in [1.807, 2.05) is 0 Å². The fourth-order valence-corrected chi connectivity index (χ4v) is 3.53. The zero-order valence-corrected chi connectivity index (χ0v) is 15.5. The van der Waals surface area contributed by atoms with Gasteiger partial charge in [0.15, 0.2) is 0 Å². The predicted octanol–water partition coefficient (Wildman–Crippen LogP) is 2.27. The molecule has 0 bridgehead atoms. The number of rotatable bonds is 7. The van der Waals surface area contributed by atoms with E-state index in [-0.39, 0.29) is 36.6 Å². The summed E-state index contributed by atoms with van der Waals surface area (Å²) in [5.74, 6) is -5.74. The van der Waals surface area contributed by atoms with Crippen molar-refractivity contribution in [1.29, 1.82) is 0 Å². The van der Waals surface area contributed by atoms with Crippen LogP contribution in [0.15, 0.2) is 24.4 Å². The highest BCUT2D eigenvalue weighted by atomic mass is 19.3. The fraction of sp³-hybridized carbons (Fsp3) is 0.421. The van der Waals surface area contributed by atoms with Crippen molar-refractivity contribution in [2.45, 2.75) is 31.7 Å². The number of nitrogens with two attached hydrogens (primary N) is 1. The molecule has 1 fully saturated rings. The first-order valence-electron chi connectivity index (χ1n) is 8.87. The van der Waals surface area contributed by atoms with Crippen LogP contribution in [0.4, 0.5) is 8.78 Å². The highest BCUT2D eigenvalue weighted by Crippen LogP contribution is 2.37. The molecule has 2 atom stereocenters. The van der Waals surface area contributed by atoms with Crippen LogP contribution in [-0.2, 0) is 4.79 Å². The number of alkyl halides is 2. The van der Waals surface area contributed by atoms with E-state index in [1.165, 1.54) is 13.3 Å². The van der Waals surface area contributed by atoms with E-state index >= 15 is 0 Å². The molecule has 2 heterocycles. The van der Waals surface area contributed by atoms with Crippen LogP contribution in [0.25, 0.3) is 10.8 Å². The molecule has 1 saturated heterocycles. The van der Waals surface area contributed by atoms with Crippen LogP contribution in [0.1, 0.15) is 30.1 Å². The molecular weight excluding hydrogens is 372 g/mol. The van der Waals surface area contributed by atoms with Gasteiger partial charge in [0.05, 0.1) is 25.2 Å². The zero-order chi connectivity index (χ0) is 20.5. The lowest BCUT2D eigenvalue weighted by atomic mass is 9.93. The Hall–Kier alpha value is -2.97. The van der Waals surface area contributed by atoms with Gasteiger partial charge in [0.25, 0.3) is 11.8 Å². The van der Waals surface area contributed by atoms with E-state index in [1.54, 1.807) is 25.1 Å². The van der Waals surface area contributed by atoms with Crippen molar-refractivity contribution < 1.29 is 27.8 Å². The Morgan fingerprint density at radius 1 is 1.39 bits per heavy atom. The van der Waals surface area contributed by atoms with Crippen molar-refractivity contribution in [2.75, 3.05) is 13.7 Å². The van der Waals surface area contributed by atoms with E-state index in [2.05, 4.69) is 10.3 Å². The highest BCUT2D eigenvalue weighted by molar-refractivity contribution is 6.01. The molecule has 2 aromatic rings. The predicted molar refractivity (Wildman–Crippen MR) is 97.6 cm³/mol. The number of pyridine rings is 1. The molecule has 0 unspecified atom stereocenters. The summed E-state index contributed by atoms with van der Waals surface area (Å²) in [6.45, 7) is 1.71. The number of hydrogen-bond donors (Lipinski definition) is 2. The summed E-state index contributed by atoms with van der Waals surface area (Å²) < 4.78 is 38.7. The van der Waals surface area contributed by atoms with Gasteiger partial charge in [-0.3, -0.25) is 9.59 Å². The number of amides is 2. The molecule has 3 rings (SSSR count). The number of carbonyl (C=O) groups is 2. The molecule has 1 aromatic carbocycles. The number of nitrogens with one attached hydrogen (secondary N) is 1. The van der Waals surface area contributed by atoms with Gasteiger partial charge in [-0.15, -0.1) is 0 Å². The molecule has 0 aliphatic carbocycles. The number of aromatic nitrogens is 1. The first kappa shape index (κ1) is 19.8. The lowest BCUT2D eigenvalue weighted by Crippen LogP contribution is -2.32. The van der Waals surface area contributed by atoms with Crippen molar-refractivity contribution >= 4 is 22.6 Å². The quantitative estimate of drug-likeness (QED) is 0.751. The maximum absolute atomic E-state index is 13.9. The zero-order valence-electron chi connectivity index (χ0n) is 15.5. The minimum Gasteiger partial charge on any atom is -0.496 e. The van der Waals surface area contributed by atoms with Crippen LogP contribution in [-0.4, -0.2) is 42.5 Å². The van der Waals surface area contributed by atoms with Crippen LogP contribution in [0.5, 0.6) is 11.6 Å². The average Bonchev–Trinajstić information content (AvgIpc) is 2.88. The van der Waals surface area contributed by atoms with Crippen LogP contribution in [0.2, 0.25) is 0 Å². The highest BCUT2D eigenvalue weighted by Gasteiger charge is 2.55. The van der Waals surface area contributed by atoms with Gasteiger partial charge in [-0.2, -0.15) is 8.78 Å². The summed E-state index contributed by atoms with van der Waals surface area (Å²) in [7, 11) is 1.42. The van der Waals surface area contributed by atoms with Gasteiger partial charge < -0.3 is 20.5 Å². The maximum Gasteiger partial charge on any atom is 0.329 e. The van der Waals surface area contributed by atoms with Gasteiger partial charge in [-0.05, 0) is 30.0 Å². The van der Waals surface area contributed by atoms with Crippen molar-refractivity contribution in [3.05, 3.63) is 30.0 Å². The number of methoxy groups -OCH3 is 1. The molecule has 1 aliphatic heterocycles. The van der Waals surface area contributed by atoms with Crippen molar-refractivity contribution in [1.82, 2.24) is 10.3 Å². The molecule has 0 saturated carbocycles. The molecule has 3 N–H and O–H groups in total. The molecule has 0 spiro atoms. The van der Waals surface area contributed by atoms with Crippen LogP contribution >= 0.6 is 0 Å². The fourth-order valence-electron chi connectivity index (χ4n) is 3.53. The summed E-state index contributed by atoms with van der Waals surface area (Å²) in [5, 5.41) is 3.61. The standard InChI is InChI=1S/C19H21F2N3O4/c1-3-13-14(24-18(26)19(13,20)21)5-7-28-17-11-9-15(27-2)12(16(22)25)8-10(11)4-6-23-17/h4,6,8-9,13-14H,3,5,7H2,1-2H3,(H2,22,25)(H,24,26)/t13-,14+/m0/s1. The maximum atomic E-state index is 13.9. The summed E-state index contributed by atoms with van der Waals surface area (Å²) in [6.07, 6.45) is 1.90. The van der Waals surface area contributed by atoms with E-state index in [0.717, 1.165) is 0 Å². The van der Waals surface area contributed by atoms with Gasteiger partial charge in [0, 0.05) is 24.0 Å². The van der Waals surface area contributed by atoms with Gasteiger partial charge in [0.1, 0.15) is 5.75 Å².